The molecule has 6 heteroatoms. The molecule has 0 aromatic heterocycles. The number of nitrogens with one attached hydrogen (secondary N) is 1. The highest BCUT2D eigenvalue weighted by molar-refractivity contribution is 6.36. The van der Waals surface area contributed by atoms with Gasteiger partial charge in [0.25, 0.3) is 0 Å². The van der Waals surface area contributed by atoms with Gasteiger partial charge in [-0.1, -0.05) is 23.2 Å². The molecule has 0 unspecified atom stereocenters. The number of rotatable bonds is 5. The Bertz CT molecular complexity index is 504. The van der Waals surface area contributed by atoms with Gasteiger partial charge in [0.2, 0.25) is 11.8 Å². The van der Waals surface area contributed by atoms with Crippen molar-refractivity contribution in [2.75, 3.05) is 11.4 Å². The normalized spacial score (nSPS) is 10.5. The topological polar surface area (TPSA) is 49.4 Å². The zero-order chi connectivity index (χ0) is 15.3. The minimum absolute atomic E-state index is 0.0763. The lowest BCUT2D eigenvalue weighted by Gasteiger charge is -2.22. The molecule has 0 bridgehead atoms. The predicted molar refractivity (Wildman–Crippen MR) is 82.4 cm³/mol. The Balaban J connectivity index is 2.80. The van der Waals surface area contributed by atoms with E-state index >= 15 is 0 Å². The van der Waals surface area contributed by atoms with Crippen LogP contribution in [0.15, 0.2) is 18.2 Å². The number of carbonyl (C=O) groups excluding carboxylic acids is 2. The van der Waals surface area contributed by atoms with E-state index in [9.17, 15) is 9.59 Å². The molecular formula is C14H18Cl2N2O2. The first kappa shape index (κ1) is 16.8. The Labute approximate surface area is 129 Å². The summed E-state index contributed by atoms with van der Waals surface area (Å²) >= 11 is 11.9. The molecule has 2 amide bonds. The monoisotopic (exact) mass is 316 g/mol. The van der Waals surface area contributed by atoms with E-state index in [1.807, 2.05) is 13.8 Å². The van der Waals surface area contributed by atoms with E-state index in [4.69, 9.17) is 23.2 Å². The molecule has 0 radical (unpaired) electrons. The molecule has 0 aliphatic heterocycles. The van der Waals surface area contributed by atoms with E-state index in [0.717, 1.165) is 0 Å². The van der Waals surface area contributed by atoms with E-state index in [1.54, 1.807) is 18.2 Å². The van der Waals surface area contributed by atoms with Gasteiger partial charge in [0.15, 0.2) is 0 Å². The third-order valence-electron chi connectivity index (χ3n) is 2.59. The van der Waals surface area contributed by atoms with Crippen molar-refractivity contribution in [2.24, 2.45) is 0 Å². The van der Waals surface area contributed by atoms with Crippen LogP contribution >= 0.6 is 23.2 Å². The number of hydrogen-bond acceptors (Lipinski definition) is 2. The van der Waals surface area contributed by atoms with Crippen molar-refractivity contribution < 1.29 is 9.59 Å². The summed E-state index contributed by atoms with van der Waals surface area (Å²) in [4.78, 5) is 24.8. The number of carbonyl (C=O) groups is 2. The average molecular weight is 317 g/mol. The van der Waals surface area contributed by atoms with Gasteiger partial charge in [0.05, 0.1) is 10.7 Å². The summed E-state index contributed by atoms with van der Waals surface area (Å²) in [5, 5.41) is 3.67. The summed E-state index contributed by atoms with van der Waals surface area (Å²) in [7, 11) is 0. The molecule has 0 atom stereocenters. The molecule has 0 aliphatic rings. The van der Waals surface area contributed by atoms with Gasteiger partial charge in [-0.05, 0) is 32.0 Å². The van der Waals surface area contributed by atoms with Crippen LogP contribution in [0.2, 0.25) is 10.0 Å². The fraction of sp³-hybridized carbons (Fsp3) is 0.429. The molecule has 1 rings (SSSR count). The lowest BCUT2D eigenvalue weighted by atomic mass is 10.2. The summed E-state index contributed by atoms with van der Waals surface area (Å²) < 4.78 is 0. The Kier molecular flexibility index (Phi) is 6.30. The third-order valence-corrected chi connectivity index (χ3v) is 3.13. The van der Waals surface area contributed by atoms with Crippen molar-refractivity contribution in [2.45, 2.75) is 33.2 Å². The summed E-state index contributed by atoms with van der Waals surface area (Å²) in [6, 6.07) is 4.98. The first-order chi connectivity index (χ1) is 9.31. The summed E-state index contributed by atoms with van der Waals surface area (Å²) in [6.07, 6.45) is 0.219. The molecule has 1 aromatic carbocycles. The molecule has 1 N–H and O–H groups in total. The van der Waals surface area contributed by atoms with Gasteiger partial charge in [0.1, 0.15) is 0 Å². The van der Waals surface area contributed by atoms with Crippen molar-refractivity contribution in [3.63, 3.8) is 0 Å². The van der Waals surface area contributed by atoms with Gasteiger partial charge in [-0.3, -0.25) is 9.59 Å². The van der Waals surface area contributed by atoms with Gasteiger partial charge in [-0.25, -0.2) is 0 Å². The molecule has 4 nitrogen and oxygen atoms in total. The fourth-order valence-electron chi connectivity index (χ4n) is 1.76. The van der Waals surface area contributed by atoms with E-state index < -0.39 is 0 Å². The van der Waals surface area contributed by atoms with Crippen molar-refractivity contribution in [1.29, 1.82) is 0 Å². The number of benzene rings is 1. The second kappa shape index (κ2) is 7.50. The number of amides is 2. The minimum Gasteiger partial charge on any atom is -0.354 e. The van der Waals surface area contributed by atoms with E-state index in [1.165, 1.54) is 11.8 Å². The van der Waals surface area contributed by atoms with Crippen molar-refractivity contribution in [3.8, 4) is 0 Å². The molecule has 0 saturated carbocycles. The SMILES string of the molecule is CC(=O)N(CCC(=O)NC(C)C)c1ccc(Cl)cc1Cl. The second-order valence-electron chi connectivity index (χ2n) is 4.74. The summed E-state index contributed by atoms with van der Waals surface area (Å²) in [5.74, 6) is -0.275. The molecule has 110 valence electrons. The Morgan fingerprint density at radius 2 is 1.95 bits per heavy atom. The Morgan fingerprint density at radius 1 is 1.30 bits per heavy atom. The smallest absolute Gasteiger partial charge is 0.223 e. The number of anilines is 1. The number of hydrogen-bond donors (Lipinski definition) is 1. The zero-order valence-corrected chi connectivity index (χ0v) is 13.3. The van der Waals surface area contributed by atoms with Crippen LogP contribution in [-0.4, -0.2) is 24.4 Å². The van der Waals surface area contributed by atoms with Crippen LogP contribution in [-0.2, 0) is 9.59 Å². The molecule has 0 saturated heterocycles. The molecule has 0 aliphatic carbocycles. The standard InChI is InChI=1S/C14H18Cl2N2O2/c1-9(2)17-14(20)6-7-18(10(3)19)13-5-4-11(15)8-12(13)16/h4-5,8-9H,6-7H2,1-3H3,(H,17,20). The molecular weight excluding hydrogens is 299 g/mol. The van der Waals surface area contributed by atoms with E-state index in [-0.39, 0.29) is 30.8 Å². The van der Waals surface area contributed by atoms with Gasteiger partial charge >= 0.3 is 0 Å². The highest BCUT2D eigenvalue weighted by Crippen LogP contribution is 2.29. The molecule has 1 aromatic rings. The highest BCUT2D eigenvalue weighted by Gasteiger charge is 2.16. The first-order valence-corrected chi connectivity index (χ1v) is 7.09. The number of nitrogens with zero attached hydrogens (tertiary/aromatic N) is 1. The van der Waals surface area contributed by atoms with E-state index in [2.05, 4.69) is 5.32 Å². The van der Waals surface area contributed by atoms with Crippen LogP contribution in [0, 0.1) is 0 Å². The second-order valence-corrected chi connectivity index (χ2v) is 5.58. The lowest BCUT2D eigenvalue weighted by Crippen LogP contribution is -2.36. The maximum absolute atomic E-state index is 11.7. The molecule has 0 spiro atoms. The van der Waals surface area contributed by atoms with Crippen molar-refractivity contribution in [1.82, 2.24) is 5.32 Å². The largest absolute Gasteiger partial charge is 0.354 e. The van der Waals surface area contributed by atoms with Crippen molar-refractivity contribution in [3.05, 3.63) is 28.2 Å². The maximum Gasteiger partial charge on any atom is 0.223 e. The van der Waals surface area contributed by atoms with Gasteiger partial charge < -0.3 is 10.2 Å². The average Bonchev–Trinajstić information content (AvgIpc) is 2.30. The minimum atomic E-state index is -0.174. The zero-order valence-electron chi connectivity index (χ0n) is 11.7. The summed E-state index contributed by atoms with van der Waals surface area (Å²) in [6.45, 7) is 5.48. The molecule has 0 heterocycles. The maximum atomic E-state index is 11.7. The molecule has 20 heavy (non-hydrogen) atoms. The van der Waals surface area contributed by atoms with Crippen LogP contribution in [0.1, 0.15) is 27.2 Å². The van der Waals surface area contributed by atoms with Crippen LogP contribution in [0.4, 0.5) is 5.69 Å². The lowest BCUT2D eigenvalue weighted by molar-refractivity contribution is -0.121. The molecule has 0 fully saturated rings. The summed E-state index contributed by atoms with van der Waals surface area (Å²) in [5.41, 5.74) is 0.556. The van der Waals surface area contributed by atoms with Crippen LogP contribution in [0.5, 0.6) is 0 Å². The Morgan fingerprint density at radius 3 is 2.45 bits per heavy atom. The van der Waals surface area contributed by atoms with Gasteiger partial charge in [-0.15, -0.1) is 0 Å². The fourth-order valence-corrected chi connectivity index (χ4v) is 2.27. The van der Waals surface area contributed by atoms with E-state index in [0.29, 0.717) is 15.7 Å². The third kappa shape index (κ3) is 5.02. The predicted octanol–water partition coefficient (Wildman–Crippen LogP) is 3.26. The van der Waals surface area contributed by atoms with Gasteiger partial charge in [-0.2, -0.15) is 0 Å². The van der Waals surface area contributed by atoms with Crippen LogP contribution < -0.4 is 10.2 Å². The van der Waals surface area contributed by atoms with Crippen molar-refractivity contribution >= 4 is 40.7 Å². The Hall–Kier alpha value is -1.26. The number of halogens is 2. The first-order valence-electron chi connectivity index (χ1n) is 6.33. The van der Waals surface area contributed by atoms with Crippen LogP contribution in [0.3, 0.4) is 0 Å². The quantitative estimate of drug-likeness (QED) is 0.906. The highest BCUT2D eigenvalue weighted by atomic mass is 35.5. The van der Waals surface area contributed by atoms with Gasteiger partial charge in [0, 0.05) is 31.0 Å². The van der Waals surface area contributed by atoms with Crippen LogP contribution in [0.25, 0.3) is 0 Å².